The van der Waals surface area contributed by atoms with Crippen molar-refractivity contribution in [3.8, 4) is 0 Å². The summed E-state index contributed by atoms with van der Waals surface area (Å²) in [5.74, 6) is -3.38. The van der Waals surface area contributed by atoms with E-state index < -0.39 is 23.4 Å². The Bertz CT molecular complexity index is 754. The largest absolute Gasteiger partial charge is 0.422 e. The van der Waals surface area contributed by atoms with Crippen LogP contribution in [0.25, 0.3) is 0 Å². The highest BCUT2D eigenvalue weighted by Gasteiger charge is 2.37. The van der Waals surface area contributed by atoms with Crippen LogP contribution in [0.4, 0.5) is 22.0 Å². The van der Waals surface area contributed by atoms with Gasteiger partial charge in [-0.1, -0.05) is 37.6 Å². The molecule has 0 amide bonds. The highest BCUT2D eigenvalue weighted by molar-refractivity contribution is 5.82. The molecule has 2 aromatic rings. The van der Waals surface area contributed by atoms with Crippen LogP contribution in [-0.4, -0.2) is 12.4 Å². The molecule has 0 N–H and O–H groups in total. The predicted molar refractivity (Wildman–Crippen MR) is 87.0 cm³/mol. The maximum absolute atomic E-state index is 13.4. The van der Waals surface area contributed by atoms with Crippen molar-refractivity contribution in [2.24, 2.45) is 10.2 Å². The van der Waals surface area contributed by atoms with Gasteiger partial charge in [-0.3, -0.25) is 0 Å². The fourth-order valence-electron chi connectivity index (χ4n) is 2.20. The molecular weight excluding hydrogens is 339 g/mol. The lowest BCUT2D eigenvalue weighted by Gasteiger charge is -2.09. The van der Waals surface area contributed by atoms with Gasteiger partial charge in [0, 0.05) is 5.56 Å². The molecule has 7 heteroatoms. The summed E-state index contributed by atoms with van der Waals surface area (Å²) in [5, 5.41) is 7.32. The molecule has 2 rings (SSSR count). The molecule has 0 aliphatic heterocycles. The Hall–Kier alpha value is -2.57. The van der Waals surface area contributed by atoms with E-state index in [9.17, 15) is 22.0 Å². The van der Waals surface area contributed by atoms with E-state index in [4.69, 9.17) is 0 Å². The van der Waals surface area contributed by atoms with Crippen LogP contribution >= 0.6 is 0 Å². The quantitative estimate of drug-likeness (QED) is 0.391. The summed E-state index contributed by atoms with van der Waals surface area (Å²) in [6.07, 6.45) is -0.665. The van der Waals surface area contributed by atoms with Crippen LogP contribution in [0.5, 0.6) is 0 Å². The van der Waals surface area contributed by atoms with Gasteiger partial charge in [-0.25, -0.2) is 8.78 Å². The van der Waals surface area contributed by atoms with E-state index >= 15 is 0 Å². The first-order valence-electron chi connectivity index (χ1n) is 7.53. The fourth-order valence-corrected chi connectivity index (χ4v) is 2.20. The maximum Gasteiger partial charge on any atom is 0.422 e. The van der Waals surface area contributed by atoms with E-state index in [2.05, 4.69) is 17.1 Å². The number of hydrogen-bond donors (Lipinski definition) is 0. The number of aryl methyl sites for hydroxylation is 1. The van der Waals surface area contributed by atoms with Crippen molar-refractivity contribution in [3.63, 3.8) is 0 Å². The first kappa shape index (κ1) is 18.8. The van der Waals surface area contributed by atoms with Gasteiger partial charge in [0.25, 0.3) is 0 Å². The first-order valence-corrected chi connectivity index (χ1v) is 7.53. The van der Waals surface area contributed by atoms with Crippen molar-refractivity contribution in [2.45, 2.75) is 25.9 Å². The van der Waals surface area contributed by atoms with Gasteiger partial charge < -0.3 is 0 Å². The third-order valence-corrected chi connectivity index (χ3v) is 3.35. The molecule has 2 aromatic carbocycles. The van der Waals surface area contributed by atoms with Crippen LogP contribution in [0.2, 0.25) is 0 Å². The molecular formula is C18H15F5N2. The van der Waals surface area contributed by atoms with Gasteiger partial charge in [0.1, 0.15) is 17.2 Å². The van der Waals surface area contributed by atoms with E-state index in [1.165, 1.54) is 11.8 Å². The summed E-state index contributed by atoms with van der Waals surface area (Å²) >= 11 is 0. The lowest BCUT2D eigenvalue weighted by Crippen LogP contribution is -2.11. The maximum atomic E-state index is 13.4. The Morgan fingerprint density at radius 1 is 0.880 bits per heavy atom. The monoisotopic (exact) mass is 354 g/mol. The van der Waals surface area contributed by atoms with Crippen molar-refractivity contribution in [2.75, 3.05) is 0 Å². The van der Waals surface area contributed by atoms with Gasteiger partial charge in [0.15, 0.2) is 0 Å². The molecule has 0 bridgehead atoms. The second-order valence-corrected chi connectivity index (χ2v) is 5.34. The number of rotatable bonds is 5. The molecule has 0 heterocycles. The molecule has 132 valence electrons. The van der Waals surface area contributed by atoms with E-state index in [-0.39, 0.29) is 5.56 Å². The molecule has 0 aliphatic carbocycles. The van der Waals surface area contributed by atoms with Gasteiger partial charge in [-0.2, -0.15) is 23.4 Å². The number of alkyl halides is 3. The van der Waals surface area contributed by atoms with E-state index in [0.29, 0.717) is 12.1 Å². The average molecular weight is 354 g/mol. The number of benzene rings is 2. The predicted octanol–water partition coefficient (Wildman–Crippen LogP) is 5.39. The third kappa shape index (κ3) is 5.20. The lowest BCUT2D eigenvalue weighted by molar-refractivity contribution is -0.142. The van der Waals surface area contributed by atoms with Crippen molar-refractivity contribution in [3.05, 3.63) is 70.3 Å². The van der Waals surface area contributed by atoms with Gasteiger partial charge in [0.05, 0.1) is 12.4 Å². The molecule has 0 spiro atoms. The van der Waals surface area contributed by atoms with Crippen LogP contribution in [0.15, 0.2) is 46.6 Å². The van der Waals surface area contributed by atoms with Crippen molar-refractivity contribution in [1.82, 2.24) is 0 Å². The number of halogens is 5. The summed E-state index contributed by atoms with van der Waals surface area (Å²) in [6.45, 7) is 2.08. The molecule has 0 unspecified atom stereocenters. The van der Waals surface area contributed by atoms with Crippen LogP contribution in [0.3, 0.4) is 0 Å². The molecule has 0 atom stereocenters. The van der Waals surface area contributed by atoms with Gasteiger partial charge in [0.2, 0.25) is 0 Å². The Morgan fingerprint density at radius 3 is 1.88 bits per heavy atom. The third-order valence-electron chi connectivity index (χ3n) is 3.35. The first-order chi connectivity index (χ1) is 11.8. The Balaban J connectivity index is 2.09. The van der Waals surface area contributed by atoms with Crippen LogP contribution < -0.4 is 0 Å². The zero-order valence-corrected chi connectivity index (χ0v) is 13.3. The van der Waals surface area contributed by atoms with Gasteiger partial charge >= 0.3 is 6.18 Å². The zero-order valence-electron chi connectivity index (χ0n) is 13.3. The molecule has 0 saturated carbocycles. The number of nitrogens with zero attached hydrogens (tertiary/aromatic N) is 2. The Labute approximate surface area is 141 Å². The van der Waals surface area contributed by atoms with E-state index in [1.807, 2.05) is 24.3 Å². The number of hydrogen-bond acceptors (Lipinski definition) is 2. The summed E-state index contributed by atoms with van der Waals surface area (Å²) in [5.41, 5.74) is -0.0978. The van der Waals surface area contributed by atoms with Crippen molar-refractivity contribution >= 4 is 12.4 Å². The Morgan fingerprint density at radius 2 is 1.40 bits per heavy atom. The summed E-state index contributed by atoms with van der Waals surface area (Å²) < 4.78 is 64.3. The molecule has 0 fully saturated rings. The second-order valence-electron chi connectivity index (χ2n) is 5.34. The van der Waals surface area contributed by atoms with Gasteiger partial charge in [-0.15, -0.1) is 0 Å². The minimum Gasteiger partial charge on any atom is -0.206 e. The standard InChI is InChI=1S/C18H15F5N2/c1-2-3-12-4-6-13(7-5-12)10-24-25-11-14-8-15(19)17(16(20)9-14)18(21,22)23/h4-11H,2-3H2,1H3/b24-10+,25-11+. The summed E-state index contributed by atoms with van der Waals surface area (Å²) in [6, 6.07) is 8.72. The topological polar surface area (TPSA) is 24.7 Å². The van der Waals surface area contributed by atoms with E-state index in [0.717, 1.165) is 24.6 Å². The lowest BCUT2D eigenvalue weighted by atomic mass is 10.1. The normalized spacial score (nSPS) is 12.4. The van der Waals surface area contributed by atoms with Crippen LogP contribution in [-0.2, 0) is 12.6 Å². The SMILES string of the molecule is CCCc1ccc(/C=N/N=C/c2cc(F)c(C(F)(F)F)c(F)c2)cc1. The Kier molecular flexibility index (Phi) is 6.01. The molecule has 0 aromatic heterocycles. The molecule has 25 heavy (non-hydrogen) atoms. The molecule has 0 radical (unpaired) electrons. The van der Waals surface area contributed by atoms with Crippen molar-refractivity contribution < 1.29 is 22.0 Å². The average Bonchev–Trinajstić information content (AvgIpc) is 2.51. The minimum atomic E-state index is -5.09. The minimum absolute atomic E-state index is 0.154. The molecule has 0 aliphatic rings. The highest BCUT2D eigenvalue weighted by Crippen LogP contribution is 2.33. The molecule has 0 saturated heterocycles. The second kappa shape index (κ2) is 8.00. The van der Waals surface area contributed by atoms with Crippen molar-refractivity contribution in [1.29, 1.82) is 0 Å². The van der Waals surface area contributed by atoms with E-state index in [1.54, 1.807) is 0 Å². The highest BCUT2D eigenvalue weighted by atomic mass is 19.4. The van der Waals surface area contributed by atoms with Crippen LogP contribution in [0, 0.1) is 11.6 Å². The van der Waals surface area contributed by atoms with Crippen LogP contribution in [0.1, 0.15) is 35.6 Å². The zero-order chi connectivity index (χ0) is 18.4. The fraction of sp³-hybridized carbons (Fsp3) is 0.222. The summed E-state index contributed by atoms with van der Waals surface area (Å²) in [7, 11) is 0. The molecule has 2 nitrogen and oxygen atoms in total. The summed E-state index contributed by atoms with van der Waals surface area (Å²) in [4.78, 5) is 0. The van der Waals surface area contributed by atoms with Gasteiger partial charge in [-0.05, 0) is 29.7 Å². The smallest absolute Gasteiger partial charge is 0.206 e.